The number of rotatable bonds is 3. The third kappa shape index (κ3) is 3.61. The van der Waals surface area contributed by atoms with E-state index in [0.29, 0.717) is 11.1 Å². The van der Waals surface area contributed by atoms with Crippen LogP contribution in [0.4, 0.5) is 4.39 Å². The van der Waals surface area contributed by atoms with Gasteiger partial charge in [-0.1, -0.05) is 24.4 Å². The number of piperidine rings is 1. The zero-order chi connectivity index (χ0) is 20.4. The summed E-state index contributed by atoms with van der Waals surface area (Å²) in [6.07, 6.45) is 7.06. The number of carbonyl (C=O) groups is 1. The largest absolute Gasteiger partial charge is 0.310 e. The lowest BCUT2D eigenvalue weighted by Gasteiger charge is -2.29. The first kappa shape index (κ1) is 18.8. The van der Waals surface area contributed by atoms with Gasteiger partial charge in [-0.3, -0.25) is 15.2 Å². The van der Waals surface area contributed by atoms with Gasteiger partial charge in [-0.15, -0.1) is 0 Å². The van der Waals surface area contributed by atoms with E-state index in [2.05, 4.69) is 16.2 Å². The van der Waals surface area contributed by atoms with Crippen LogP contribution in [0, 0.1) is 11.2 Å². The molecule has 1 saturated heterocycles. The van der Waals surface area contributed by atoms with Gasteiger partial charge in [-0.2, -0.15) is 4.57 Å². The van der Waals surface area contributed by atoms with Crippen molar-refractivity contribution in [2.45, 2.75) is 12.0 Å². The van der Waals surface area contributed by atoms with Gasteiger partial charge < -0.3 is 5.32 Å². The van der Waals surface area contributed by atoms with Crippen LogP contribution >= 0.6 is 12.2 Å². The zero-order valence-electron chi connectivity index (χ0n) is 15.2. The number of pyridine rings is 2. The number of halogens is 1. The van der Waals surface area contributed by atoms with Crippen molar-refractivity contribution in [3.05, 3.63) is 90.3 Å². The van der Waals surface area contributed by atoms with Gasteiger partial charge in [0, 0.05) is 24.5 Å². The minimum absolute atomic E-state index is 0.171. The predicted octanol–water partition coefficient (Wildman–Crippen LogP) is 3.13. The van der Waals surface area contributed by atoms with Gasteiger partial charge in [0.05, 0.1) is 11.5 Å². The van der Waals surface area contributed by atoms with Gasteiger partial charge in [0.2, 0.25) is 6.04 Å². The fourth-order valence-corrected chi connectivity index (χ4v) is 3.80. The lowest BCUT2D eigenvalue weighted by Crippen LogP contribution is -2.56. The van der Waals surface area contributed by atoms with Gasteiger partial charge in [-0.25, -0.2) is 4.39 Å². The SMILES string of the molecule is N=C=C1C(=S)NC(=O)[C@H]([n+]2ccc(-c3ccncc3)cc2)[C@H]1c1ccc(F)cc1. The molecule has 1 aliphatic rings. The van der Waals surface area contributed by atoms with Crippen molar-refractivity contribution >= 4 is 29.0 Å². The van der Waals surface area contributed by atoms with Crippen LogP contribution < -0.4 is 9.88 Å². The number of thiocarbonyl (C=S) groups is 1. The standard InChI is InChI=1S/C22H15FN4OS/c23-17-3-1-16(2-4-17)19-18(13-24)22(29)26-21(28)20(19)27-11-7-15(8-12-27)14-5-9-25-10-6-14/h1-12,19-20,24H/p+1/t19-,20+/m0/s1. The van der Waals surface area contributed by atoms with Crippen LogP contribution in [0.25, 0.3) is 11.1 Å². The maximum atomic E-state index is 13.4. The Morgan fingerprint density at radius 2 is 1.66 bits per heavy atom. The van der Waals surface area contributed by atoms with Crippen LogP contribution in [-0.2, 0) is 4.79 Å². The number of nitrogens with one attached hydrogen (secondary N) is 2. The van der Waals surface area contributed by atoms with Crippen LogP contribution in [0.5, 0.6) is 0 Å². The van der Waals surface area contributed by atoms with Gasteiger partial charge in [0.25, 0.3) is 5.91 Å². The molecule has 0 unspecified atom stereocenters. The zero-order valence-corrected chi connectivity index (χ0v) is 16.0. The summed E-state index contributed by atoms with van der Waals surface area (Å²) in [5.41, 5.74) is 3.07. The number of hydrogen-bond acceptors (Lipinski definition) is 4. The van der Waals surface area contributed by atoms with Gasteiger partial charge in [0.1, 0.15) is 10.8 Å². The minimum atomic E-state index is -0.688. The van der Waals surface area contributed by atoms with E-state index in [1.807, 2.05) is 36.7 Å². The molecule has 2 atom stereocenters. The third-order valence-corrected chi connectivity index (χ3v) is 5.25. The average Bonchev–Trinajstić information content (AvgIpc) is 2.75. The number of aromatic nitrogens is 2. The molecule has 5 nitrogen and oxygen atoms in total. The van der Waals surface area contributed by atoms with Crippen molar-refractivity contribution in [3.63, 3.8) is 0 Å². The summed E-state index contributed by atoms with van der Waals surface area (Å²) < 4.78 is 15.2. The molecule has 1 amide bonds. The molecule has 1 aliphatic heterocycles. The fourth-order valence-electron chi connectivity index (χ4n) is 3.53. The average molecular weight is 403 g/mol. The molecule has 0 spiro atoms. The Bertz CT molecular complexity index is 1120. The normalized spacial score (nSPS) is 18.9. The van der Waals surface area contributed by atoms with Crippen molar-refractivity contribution < 1.29 is 13.8 Å². The highest BCUT2D eigenvalue weighted by atomic mass is 32.1. The van der Waals surface area contributed by atoms with Crippen molar-refractivity contribution in [2.24, 2.45) is 0 Å². The van der Waals surface area contributed by atoms with Crippen LogP contribution in [-0.4, -0.2) is 21.7 Å². The second-order valence-electron chi connectivity index (χ2n) is 6.60. The van der Waals surface area contributed by atoms with E-state index < -0.39 is 12.0 Å². The first-order valence-electron chi connectivity index (χ1n) is 8.90. The highest BCUT2D eigenvalue weighted by Gasteiger charge is 2.45. The Balaban J connectivity index is 1.78. The quantitative estimate of drug-likeness (QED) is 0.306. The lowest BCUT2D eigenvalue weighted by molar-refractivity contribution is -0.711. The second kappa shape index (κ2) is 7.83. The fraction of sp³-hybridized carbons (Fsp3) is 0.0909. The van der Waals surface area contributed by atoms with Crippen molar-refractivity contribution in [2.75, 3.05) is 0 Å². The van der Waals surface area contributed by atoms with Gasteiger partial charge in [0.15, 0.2) is 12.4 Å². The topological polar surface area (TPSA) is 69.7 Å². The van der Waals surface area contributed by atoms with Crippen LogP contribution in [0.3, 0.4) is 0 Å². The monoisotopic (exact) mass is 403 g/mol. The number of benzene rings is 1. The molecule has 29 heavy (non-hydrogen) atoms. The van der Waals surface area contributed by atoms with Crippen LogP contribution in [0.15, 0.2) is 78.9 Å². The summed E-state index contributed by atoms with van der Waals surface area (Å²) >= 11 is 5.25. The van der Waals surface area contributed by atoms with Crippen LogP contribution in [0.1, 0.15) is 17.5 Å². The van der Waals surface area contributed by atoms with Crippen molar-refractivity contribution in [3.8, 4) is 11.1 Å². The first-order chi connectivity index (χ1) is 14.1. The Hall–Kier alpha value is -3.54. The Labute approximate surface area is 172 Å². The van der Waals surface area contributed by atoms with E-state index in [0.717, 1.165) is 11.1 Å². The summed E-state index contributed by atoms with van der Waals surface area (Å²) in [5.74, 6) is 1.16. The summed E-state index contributed by atoms with van der Waals surface area (Å²) in [5, 5.41) is 10.4. The maximum Gasteiger partial charge on any atom is 0.295 e. The molecular weight excluding hydrogens is 387 g/mol. The minimum Gasteiger partial charge on any atom is -0.310 e. The second-order valence-corrected chi connectivity index (χ2v) is 7.01. The van der Waals surface area contributed by atoms with Crippen molar-refractivity contribution in [1.82, 2.24) is 10.3 Å². The first-order valence-corrected chi connectivity index (χ1v) is 9.31. The molecule has 142 valence electrons. The third-order valence-electron chi connectivity index (χ3n) is 4.93. The molecule has 2 aromatic heterocycles. The van der Waals surface area contributed by atoms with E-state index in [9.17, 15) is 9.18 Å². The molecule has 0 aliphatic carbocycles. The van der Waals surface area contributed by atoms with E-state index in [-0.39, 0.29) is 16.7 Å². The number of amides is 1. The molecule has 4 rings (SSSR count). The van der Waals surface area contributed by atoms with E-state index in [1.54, 1.807) is 29.1 Å². The smallest absolute Gasteiger partial charge is 0.295 e. The predicted molar refractivity (Wildman–Crippen MR) is 110 cm³/mol. The van der Waals surface area contributed by atoms with E-state index in [4.69, 9.17) is 17.6 Å². The summed E-state index contributed by atoms with van der Waals surface area (Å²) in [7, 11) is 0. The summed E-state index contributed by atoms with van der Waals surface area (Å²) in [4.78, 5) is 17.1. The summed E-state index contributed by atoms with van der Waals surface area (Å²) in [6, 6.07) is 12.8. The Kier molecular flexibility index (Phi) is 5.08. The van der Waals surface area contributed by atoms with Gasteiger partial charge in [-0.05, 0) is 46.8 Å². The molecular formula is C22H16FN4OS+. The molecule has 3 heterocycles. The van der Waals surface area contributed by atoms with Gasteiger partial charge >= 0.3 is 0 Å². The molecule has 7 heteroatoms. The number of hydrogen-bond donors (Lipinski definition) is 2. The molecule has 1 fully saturated rings. The molecule has 0 bridgehead atoms. The molecule has 1 aromatic carbocycles. The Morgan fingerprint density at radius 1 is 1.03 bits per heavy atom. The molecule has 3 aromatic rings. The Morgan fingerprint density at radius 3 is 2.28 bits per heavy atom. The summed E-state index contributed by atoms with van der Waals surface area (Å²) in [6.45, 7) is 0. The molecule has 0 saturated carbocycles. The number of nitrogens with zero attached hydrogens (tertiary/aromatic N) is 2. The van der Waals surface area contributed by atoms with E-state index in [1.165, 1.54) is 12.1 Å². The van der Waals surface area contributed by atoms with Crippen molar-refractivity contribution in [1.29, 1.82) is 5.41 Å². The molecule has 0 radical (unpaired) electrons. The lowest BCUT2D eigenvalue weighted by atomic mass is 9.82. The van der Waals surface area contributed by atoms with Crippen LogP contribution in [0.2, 0.25) is 0 Å². The maximum absolute atomic E-state index is 13.4. The van der Waals surface area contributed by atoms with E-state index >= 15 is 0 Å². The number of carbonyl (C=O) groups excluding carboxylic acids is 1. The highest BCUT2D eigenvalue weighted by Crippen LogP contribution is 2.35. The highest BCUT2D eigenvalue weighted by molar-refractivity contribution is 7.80. The molecule has 2 N–H and O–H groups in total.